The molecule has 0 aliphatic heterocycles. The molecule has 0 aliphatic rings. The van der Waals surface area contributed by atoms with Crippen molar-refractivity contribution in [2.24, 2.45) is 0 Å². The Morgan fingerprint density at radius 2 is 1.74 bits per heavy atom. The number of hydrogen-bond donors (Lipinski definition) is 1. The van der Waals surface area contributed by atoms with Gasteiger partial charge in [0.25, 0.3) is 5.91 Å². The van der Waals surface area contributed by atoms with Gasteiger partial charge in [-0.1, -0.05) is 41.9 Å². The first-order chi connectivity index (χ1) is 9.13. The van der Waals surface area contributed by atoms with Crippen molar-refractivity contribution >= 4 is 32.6 Å². The molecule has 2 rings (SSSR count). The second-order valence-electron chi connectivity index (χ2n) is 4.69. The molecule has 0 bridgehead atoms. The Hall–Kier alpha value is -1.35. The van der Waals surface area contributed by atoms with Crippen LogP contribution in [0.4, 0.5) is 0 Å². The van der Waals surface area contributed by atoms with Crippen molar-refractivity contribution in [2.45, 2.75) is 32.7 Å². The van der Waals surface area contributed by atoms with E-state index in [9.17, 15) is 4.79 Å². The largest absolute Gasteiger partial charge is 0.349 e. The van der Waals surface area contributed by atoms with Gasteiger partial charge >= 0.3 is 0 Å². The highest BCUT2D eigenvalue weighted by Gasteiger charge is 2.10. The summed E-state index contributed by atoms with van der Waals surface area (Å²) in [5.74, 6) is 0.0125. The second-order valence-corrected chi connectivity index (χ2v) is 5.61. The van der Waals surface area contributed by atoms with Crippen molar-refractivity contribution in [3.05, 3.63) is 46.4 Å². The van der Waals surface area contributed by atoms with Gasteiger partial charge in [-0.2, -0.15) is 0 Å². The molecule has 2 aromatic rings. The van der Waals surface area contributed by atoms with Crippen molar-refractivity contribution in [3.63, 3.8) is 0 Å². The van der Waals surface area contributed by atoms with Gasteiger partial charge in [0.2, 0.25) is 0 Å². The molecule has 2 nitrogen and oxygen atoms in total. The standard InChI is InChI=1S/C16H18BrNO/c1-3-15(4-2)18-16(19)13-6-5-12-10-14(17)8-7-11(12)9-13/h5-10,15H,3-4H2,1-2H3,(H,18,19). The van der Waals surface area contributed by atoms with Crippen LogP contribution in [0.3, 0.4) is 0 Å². The third-order valence-electron chi connectivity index (χ3n) is 3.39. The summed E-state index contributed by atoms with van der Waals surface area (Å²) >= 11 is 3.45. The molecule has 2 aromatic carbocycles. The zero-order valence-corrected chi connectivity index (χ0v) is 12.8. The van der Waals surface area contributed by atoms with Gasteiger partial charge in [0, 0.05) is 16.1 Å². The Morgan fingerprint density at radius 3 is 2.42 bits per heavy atom. The summed E-state index contributed by atoms with van der Waals surface area (Å²) in [6.45, 7) is 4.18. The van der Waals surface area contributed by atoms with Crippen molar-refractivity contribution in [3.8, 4) is 0 Å². The Morgan fingerprint density at radius 1 is 1.11 bits per heavy atom. The third-order valence-corrected chi connectivity index (χ3v) is 3.88. The summed E-state index contributed by atoms with van der Waals surface area (Å²) in [5.41, 5.74) is 0.724. The lowest BCUT2D eigenvalue weighted by atomic mass is 10.1. The molecule has 0 unspecified atom stereocenters. The molecule has 0 spiro atoms. The summed E-state index contributed by atoms with van der Waals surface area (Å²) in [6.07, 6.45) is 1.92. The number of carbonyl (C=O) groups is 1. The van der Waals surface area contributed by atoms with Gasteiger partial charge in [-0.15, -0.1) is 0 Å². The van der Waals surface area contributed by atoms with E-state index in [1.54, 1.807) is 0 Å². The SMILES string of the molecule is CCC(CC)NC(=O)c1ccc2cc(Br)ccc2c1. The fourth-order valence-electron chi connectivity index (χ4n) is 2.12. The van der Waals surface area contributed by atoms with Crippen LogP contribution in [-0.4, -0.2) is 11.9 Å². The van der Waals surface area contributed by atoms with E-state index in [2.05, 4.69) is 41.2 Å². The first kappa shape index (κ1) is 14.1. The lowest BCUT2D eigenvalue weighted by Gasteiger charge is -2.14. The lowest BCUT2D eigenvalue weighted by molar-refractivity contribution is 0.0935. The number of hydrogen-bond acceptors (Lipinski definition) is 1. The molecule has 0 fully saturated rings. The van der Waals surface area contributed by atoms with E-state index in [1.807, 2.05) is 30.3 Å². The predicted octanol–water partition coefficient (Wildman–Crippen LogP) is 4.52. The maximum absolute atomic E-state index is 12.2. The van der Waals surface area contributed by atoms with E-state index >= 15 is 0 Å². The highest BCUT2D eigenvalue weighted by molar-refractivity contribution is 9.10. The van der Waals surface area contributed by atoms with Crippen LogP contribution in [0, 0.1) is 0 Å². The molecule has 0 aromatic heterocycles. The van der Waals surface area contributed by atoms with Crippen molar-refractivity contribution < 1.29 is 4.79 Å². The Labute approximate surface area is 122 Å². The molecule has 100 valence electrons. The number of amides is 1. The summed E-state index contributed by atoms with van der Waals surface area (Å²) in [6, 6.07) is 12.1. The normalized spacial score (nSPS) is 10.9. The van der Waals surface area contributed by atoms with E-state index < -0.39 is 0 Å². The molecule has 3 heteroatoms. The van der Waals surface area contributed by atoms with Crippen LogP contribution in [-0.2, 0) is 0 Å². The molecule has 0 heterocycles. The van der Waals surface area contributed by atoms with Gasteiger partial charge in [0.1, 0.15) is 0 Å². The molecule has 0 aliphatic carbocycles. The fourth-order valence-corrected chi connectivity index (χ4v) is 2.50. The fraction of sp³-hybridized carbons (Fsp3) is 0.312. The van der Waals surface area contributed by atoms with E-state index in [4.69, 9.17) is 0 Å². The zero-order chi connectivity index (χ0) is 13.8. The summed E-state index contributed by atoms with van der Waals surface area (Å²) in [4.78, 5) is 12.2. The van der Waals surface area contributed by atoms with Crippen LogP contribution in [0.2, 0.25) is 0 Å². The molecule has 0 radical (unpaired) electrons. The maximum atomic E-state index is 12.2. The molecule has 1 amide bonds. The maximum Gasteiger partial charge on any atom is 0.251 e. The van der Waals surface area contributed by atoms with Crippen LogP contribution in [0.5, 0.6) is 0 Å². The quantitative estimate of drug-likeness (QED) is 0.881. The van der Waals surface area contributed by atoms with E-state index in [1.165, 1.54) is 0 Å². The summed E-state index contributed by atoms with van der Waals surface area (Å²) in [7, 11) is 0. The predicted molar refractivity (Wildman–Crippen MR) is 83.5 cm³/mol. The first-order valence-electron chi connectivity index (χ1n) is 6.64. The van der Waals surface area contributed by atoms with Crippen LogP contribution >= 0.6 is 15.9 Å². The van der Waals surface area contributed by atoms with Crippen molar-refractivity contribution in [2.75, 3.05) is 0 Å². The van der Waals surface area contributed by atoms with E-state index in [-0.39, 0.29) is 11.9 Å². The molecule has 0 atom stereocenters. The Bertz CT molecular complexity index is 590. The molecule has 0 saturated heterocycles. The van der Waals surface area contributed by atoms with Crippen molar-refractivity contribution in [1.29, 1.82) is 0 Å². The van der Waals surface area contributed by atoms with Gasteiger partial charge in [0.15, 0.2) is 0 Å². The van der Waals surface area contributed by atoms with E-state index in [0.717, 1.165) is 33.7 Å². The molecule has 19 heavy (non-hydrogen) atoms. The minimum atomic E-state index is 0.0125. The minimum Gasteiger partial charge on any atom is -0.349 e. The first-order valence-corrected chi connectivity index (χ1v) is 7.43. The minimum absolute atomic E-state index is 0.0125. The molecular formula is C16H18BrNO. The lowest BCUT2D eigenvalue weighted by Crippen LogP contribution is -2.33. The van der Waals surface area contributed by atoms with Crippen LogP contribution in [0.25, 0.3) is 10.8 Å². The van der Waals surface area contributed by atoms with Gasteiger partial charge < -0.3 is 5.32 Å². The summed E-state index contributed by atoms with van der Waals surface area (Å²) < 4.78 is 1.05. The summed E-state index contributed by atoms with van der Waals surface area (Å²) in [5, 5.41) is 5.28. The van der Waals surface area contributed by atoms with Gasteiger partial charge in [-0.05, 0) is 47.9 Å². The smallest absolute Gasteiger partial charge is 0.251 e. The van der Waals surface area contributed by atoms with Crippen molar-refractivity contribution in [1.82, 2.24) is 5.32 Å². The van der Waals surface area contributed by atoms with Crippen LogP contribution in [0.1, 0.15) is 37.0 Å². The number of benzene rings is 2. The molecule has 0 saturated carbocycles. The monoisotopic (exact) mass is 319 g/mol. The number of carbonyl (C=O) groups excluding carboxylic acids is 1. The van der Waals surface area contributed by atoms with E-state index in [0.29, 0.717) is 0 Å². The second kappa shape index (κ2) is 6.20. The van der Waals surface area contributed by atoms with Crippen LogP contribution in [0.15, 0.2) is 40.9 Å². The Balaban J connectivity index is 2.25. The van der Waals surface area contributed by atoms with Crippen LogP contribution < -0.4 is 5.32 Å². The molecule has 1 N–H and O–H groups in total. The third kappa shape index (κ3) is 3.35. The number of rotatable bonds is 4. The Kier molecular flexibility index (Phi) is 4.59. The average molecular weight is 320 g/mol. The average Bonchev–Trinajstić information content (AvgIpc) is 2.43. The zero-order valence-electron chi connectivity index (χ0n) is 11.2. The highest BCUT2D eigenvalue weighted by Crippen LogP contribution is 2.21. The number of halogens is 1. The molecular weight excluding hydrogens is 302 g/mol. The van der Waals surface area contributed by atoms with Gasteiger partial charge in [-0.3, -0.25) is 4.79 Å². The number of fused-ring (bicyclic) bond motifs is 1. The van der Waals surface area contributed by atoms with Gasteiger partial charge in [-0.25, -0.2) is 0 Å². The topological polar surface area (TPSA) is 29.1 Å². The highest BCUT2D eigenvalue weighted by atomic mass is 79.9. The van der Waals surface area contributed by atoms with Gasteiger partial charge in [0.05, 0.1) is 0 Å². The number of nitrogens with one attached hydrogen (secondary N) is 1.